The van der Waals surface area contributed by atoms with E-state index < -0.39 is 5.97 Å². The highest BCUT2D eigenvalue weighted by Crippen LogP contribution is 2.45. The number of hydrogen-bond donors (Lipinski definition) is 1. The molecular formula is C22H38O3S. The smallest absolute Gasteiger partial charge is 0.288 e. The van der Waals surface area contributed by atoms with Crippen LogP contribution in [-0.4, -0.2) is 33.1 Å². The summed E-state index contributed by atoms with van der Waals surface area (Å²) < 4.78 is 17.4. The lowest BCUT2D eigenvalue weighted by atomic mass is 9.76. The molecular weight excluding hydrogens is 344 g/mol. The molecule has 150 valence electrons. The summed E-state index contributed by atoms with van der Waals surface area (Å²) in [5.41, 5.74) is 1.02. The van der Waals surface area contributed by atoms with Crippen molar-refractivity contribution in [1.82, 2.24) is 0 Å². The Balaban J connectivity index is 2.86. The molecule has 1 unspecified atom stereocenters. The number of methoxy groups -OCH3 is 3. The zero-order valence-corrected chi connectivity index (χ0v) is 18.0. The predicted octanol–water partition coefficient (Wildman–Crippen LogP) is 5.88. The first-order chi connectivity index (χ1) is 12.6. The van der Waals surface area contributed by atoms with Crippen LogP contribution < -0.4 is 0 Å². The van der Waals surface area contributed by atoms with E-state index in [0.29, 0.717) is 5.75 Å². The van der Waals surface area contributed by atoms with Crippen molar-refractivity contribution in [3.8, 4) is 0 Å². The molecule has 0 aliphatic heterocycles. The molecule has 26 heavy (non-hydrogen) atoms. The molecule has 0 spiro atoms. The fourth-order valence-electron chi connectivity index (χ4n) is 3.86. The molecule has 0 saturated carbocycles. The minimum atomic E-state index is -1.06. The summed E-state index contributed by atoms with van der Waals surface area (Å²) >= 11 is 4.72. The summed E-state index contributed by atoms with van der Waals surface area (Å²) in [6.45, 7) is 2.25. The molecule has 0 fully saturated rings. The summed E-state index contributed by atoms with van der Waals surface area (Å²) in [6, 6.07) is 10.6. The minimum absolute atomic E-state index is 0.297. The van der Waals surface area contributed by atoms with Gasteiger partial charge in [0.05, 0.1) is 5.41 Å². The van der Waals surface area contributed by atoms with Crippen molar-refractivity contribution in [3.05, 3.63) is 35.9 Å². The second-order valence-corrected chi connectivity index (χ2v) is 7.43. The number of benzene rings is 1. The highest BCUT2D eigenvalue weighted by molar-refractivity contribution is 7.80. The lowest BCUT2D eigenvalue weighted by Gasteiger charge is -2.46. The van der Waals surface area contributed by atoms with Gasteiger partial charge in [0.25, 0.3) is 5.97 Å². The summed E-state index contributed by atoms with van der Waals surface area (Å²) in [7, 11) is 4.98. The van der Waals surface area contributed by atoms with Gasteiger partial charge in [-0.2, -0.15) is 12.6 Å². The Morgan fingerprint density at radius 1 is 0.808 bits per heavy atom. The Bertz CT molecular complexity index is 453. The van der Waals surface area contributed by atoms with E-state index in [9.17, 15) is 0 Å². The van der Waals surface area contributed by atoms with E-state index in [1.165, 1.54) is 37.7 Å². The standard InChI is InChI=1S/C22H38O3S/c1-5-6-7-8-9-13-17-21(19-26,22(23-2,24-3)25-4)18-16-20-14-11-10-12-15-20/h10-12,14-15,26H,5-9,13,16-19H2,1-4H3. The van der Waals surface area contributed by atoms with E-state index in [-0.39, 0.29) is 5.41 Å². The van der Waals surface area contributed by atoms with Crippen LogP contribution in [0.4, 0.5) is 0 Å². The Kier molecular flexibility index (Phi) is 11.5. The van der Waals surface area contributed by atoms with Crippen LogP contribution in [0.1, 0.15) is 63.9 Å². The van der Waals surface area contributed by atoms with Crippen molar-refractivity contribution in [2.24, 2.45) is 5.41 Å². The average Bonchev–Trinajstić information content (AvgIpc) is 2.70. The lowest BCUT2D eigenvalue weighted by Crippen LogP contribution is -2.54. The number of ether oxygens (including phenoxy) is 3. The van der Waals surface area contributed by atoms with Crippen molar-refractivity contribution in [3.63, 3.8) is 0 Å². The zero-order chi connectivity index (χ0) is 19.3. The predicted molar refractivity (Wildman–Crippen MR) is 113 cm³/mol. The molecule has 0 amide bonds. The van der Waals surface area contributed by atoms with Gasteiger partial charge in [-0.05, 0) is 24.8 Å². The Labute approximate surface area is 166 Å². The minimum Gasteiger partial charge on any atom is -0.330 e. The molecule has 4 heteroatoms. The highest BCUT2D eigenvalue weighted by Gasteiger charge is 2.52. The van der Waals surface area contributed by atoms with Crippen molar-refractivity contribution in [2.45, 2.75) is 70.7 Å². The SMILES string of the molecule is CCCCCCCCC(CS)(CCc1ccccc1)C(OC)(OC)OC. The molecule has 0 N–H and O–H groups in total. The van der Waals surface area contributed by atoms with Gasteiger partial charge in [0.1, 0.15) is 0 Å². The largest absolute Gasteiger partial charge is 0.330 e. The van der Waals surface area contributed by atoms with Crippen LogP contribution in [0.25, 0.3) is 0 Å². The first-order valence-corrected chi connectivity index (χ1v) is 10.6. The van der Waals surface area contributed by atoms with Crippen molar-refractivity contribution in [1.29, 1.82) is 0 Å². The van der Waals surface area contributed by atoms with Gasteiger partial charge in [-0.1, -0.05) is 75.8 Å². The van der Waals surface area contributed by atoms with Crippen LogP contribution >= 0.6 is 12.6 Å². The highest BCUT2D eigenvalue weighted by atomic mass is 32.1. The molecule has 0 heterocycles. The van der Waals surface area contributed by atoms with Crippen LogP contribution in [0, 0.1) is 5.41 Å². The molecule has 0 saturated heterocycles. The topological polar surface area (TPSA) is 27.7 Å². The zero-order valence-electron chi connectivity index (χ0n) is 17.1. The first kappa shape index (κ1) is 23.5. The average molecular weight is 383 g/mol. The van der Waals surface area contributed by atoms with Crippen molar-refractivity contribution in [2.75, 3.05) is 27.1 Å². The summed E-state index contributed by atoms with van der Waals surface area (Å²) in [6.07, 6.45) is 10.4. The molecule has 0 aliphatic carbocycles. The fraction of sp³-hybridized carbons (Fsp3) is 0.727. The number of unbranched alkanes of at least 4 members (excludes halogenated alkanes) is 5. The third-order valence-electron chi connectivity index (χ3n) is 5.50. The Morgan fingerprint density at radius 3 is 1.92 bits per heavy atom. The van der Waals surface area contributed by atoms with E-state index >= 15 is 0 Å². The maximum absolute atomic E-state index is 5.78. The van der Waals surface area contributed by atoms with Gasteiger partial charge in [0.2, 0.25) is 0 Å². The molecule has 0 bridgehead atoms. The maximum Gasteiger partial charge on any atom is 0.288 e. The number of aryl methyl sites for hydroxylation is 1. The number of rotatable bonds is 15. The third-order valence-corrected chi connectivity index (χ3v) is 6.11. The van der Waals surface area contributed by atoms with Gasteiger partial charge in [-0.15, -0.1) is 0 Å². The second-order valence-electron chi connectivity index (χ2n) is 7.11. The summed E-state index contributed by atoms with van der Waals surface area (Å²) in [4.78, 5) is 0. The van der Waals surface area contributed by atoms with Gasteiger partial charge in [-0.25, -0.2) is 0 Å². The van der Waals surface area contributed by atoms with Crippen molar-refractivity contribution >= 4 is 12.6 Å². The molecule has 0 aromatic heterocycles. The van der Waals surface area contributed by atoms with Crippen LogP contribution in [0.5, 0.6) is 0 Å². The number of hydrogen-bond acceptors (Lipinski definition) is 4. The fourth-order valence-corrected chi connectivity index (χ4v) is 4.37. The van der Waals surface area contributed by atoms with Crippen LogP contribution in [-0.2, 0) is 20.6 Å². The third kappa shape index (κ3) is 6.26. The van der Waals surface area contributed by atoms with Gasteiger partial charge in [-0.3, -0.25) is 0 Å². The quantitative estimate of drug-likeness (QED) is 0.233. The van der Waals surface area contributed by atoms with Gasteiger partial charge >= 0.3 is 0 Å². The molecule has 3 nitrogen and oxygen atoms in total. The van der Waals surface area contributed by atoms with E-state index in [1.54, 1.807) is 21.3 Å². The first-order valence-electron chi connectivity index (χ1n) is 9.94. The molecule has 1 rings (SSSR count). The molecule has 1 atom stereocenters. The van der Waals surface area contributed by atoms with Gasteiger partial charge in [0, 0.05) is 27.1 Å². The second kappa shape index (κ2) is 12.8. The van der Waals surface area contributed by atoms with Crippen LogP contribution in [0.3, 0.4) is 0 Å². The van der Waals surface area contributed by atoms with Gasteiger partial charge in [0.15, 0.2) is 0 Å². The van der Waals surface area contributed by atoms with Crippen LogP contribution in [0.2, 0.25) is 0 Å². The molecule has 0 aliphatic rings. The Morgan fingerprint density at radius 2 is 1.38 bits per heavy atom. The van der Waals surface area contributed by atoms with E-state index in [4.69, 9.17) is 26.8 Å². The van der Waals surface area contributed by atoms with Gasteiger partial charge < -0.3 is 14.2 Å². The normalized spacial score (nSPS) is 14.3. The van der Waals surface area contributed by atoms with Crippen LogP contribution in [0.15, 0.2) is 30.3 Å². The Hall–Kier alpha value is -0.550. The molecule has 1 aromatic carbocycles. The summed E-state index contributed by atoms with van der Waals surface area (Å²) in [5, 5.41) is 0. The van der Waals surface area contributed by atoms with Crippen molar-refractivity contribution < 1.29 is 14.2 Å². The number of thiol groups is 1. The summed E-state index contributed by atoms with van der Waals surface area (Å²) in [5.74, 6) is -0.405. The van der Waals surface area contributed by atoms with E-state index in [0.717, 1.165) is 25.7 Å². The molecule has 1 aromatic rings. The van der Waals surface area contributed by atoms with E-state index in [2.05, 4.69) is 37.3 Å². The lowest BCUT2D eigenvalue weighted by molar-refractivity contribution is -0.405. The monoisotopic (exact) mass is 382 g/mol. The molecule has 0 radical (unpaired) electrons. The van der Waals surface area contributed by atoms with E-state index in [1.807, 2.05) is 0 Å². The maximum atomic E-state index is 5.78.